The van der Waals surface area contributed by atoms with Crippen molar-refractivity contribution in [3.05, 3.63) is 30.1 Å². The number of fused-ring (bicyclic) bond motifs is 1. The second-order valence-electron chi connectivity index (χ2n) is 6.31. The third-order valence-electron chi connectivity index (χ3n) is 4.35. The van der Waals surface area contributed by atoms with Gasteiger partial charge in [-0.15, -0.1) is 24.0 Å². The number of imidazole rings is 1. The number of aromatic nitrogens is 2. The second-order valence-corrected chi connectivity index (χ2v) is 6.31. The van der Waals surface area contributed by atoms with Crippen LogP contribution in [0.4, 0.5) is 0 Å². The molecule has 0 atom stereocenters. The van der Waals surface area contributed by atoms with Gasteiger partial charge in [0.1, 0.15) is 5.82 Å². The van der Waals surface area contributed by atoms with Crippen LogP contribution in [0.1, 0.15) is 18.7 Å². The highest BCUT2D eigenvalue weighted by Gasteiger charge is 2.09. The fourth-order valence-corrected chi connectivity index (χ4v) is 2.97. The van der Waals surface area contributed by atoms with Gasteiger partial charge in [-0.05, 0) is 31.5 Å². The van der Waals surface area contributed by atoms with Crippen molar-refractivity contribution in [1.29, 1.82) is 0 Å². The van der Waals surface area contributed by atoms with Gasteiger partial charge < -0.3 is 20.8 Å². The minimum Gasteiger partial charge on any atom is -0.379 e. The molecule has 1 aliphatic heterocycles. The molecule has 1 aliphatic rings. The summed E-state index contributed by atoms with van der Waals surface area (Å²) in [7, 11) is 0. The molecule has 0 bridgehead atoms. The number of rotatable bonds is 8. The van der Waals surface area contributed by atoms with Crippen LogP contribution in [0, 0.1) is 0 Å². The summed E-state index contributed by atoms with van der Waals surface area (Å²) in [5, 5.41) is 3.19. The van der Waals surface area contributed by atoms with E-state index in [4.69, 9.17) is 10.5 Å². The standard InChI is InChI=1S/C18H28N6O.HI/c19-18(21-9-4-10-24-11-13-25-14-12-24)20-8-3-7-17-22-15-5-1-2-6-16(15)23-17;/h1-2,5-6H,3-4,7-14H2,(H,22,23)(H3,19,20,21);1H. The van der Waals surface area contributed by atoms with Crippen LogP contribution in [0.3, 0.4) is 0 Å². The number of aryl methyl sites for hydroxylation is 1. The predicted octanol–water partition coefficient (Wildman–Crippen LogP) is 1.74. The Morgan fingerprint density at radius 3 is 2.88 bits per heavy atom. The number of nitrogens with zero attached hydrogens (tertiary/aromatic N) is 3. The van der Waals surface area contributed by atoms with Crippen LogP contribution in [-0.2, 0) is 11.2 Å². The van der Waals surface area contributed by atoms with E-state index in [0.29, 0.717) is 12.5 Å². The molecule has 2 aromatic rings. The van der Waals surface area contributed by atoms with E-state index < -0.39 is 0 Å². The van der Waals surface area contributed by atoms with E-state index in [1.807, 2.05) is 24.3 Å². The lowest BCUT2D eigenvalue weighted by Crippen LogP contribution is -2.39. The Kier molecular flexibility index (Phi) is 9.13. The molecule has 4 N–H and O–H groups in total. The normalized spacial score (nSPS) is 15.8. The molecular formula is C18H29IN6O. The van der Waals surface area contributed by atoms with Crippen LogP contribution < -0.4 is 11.1 Å². The van der Waals surface area contributed by atoms with Crippen molar-refractivity contribution in [3.8, 4) is 0 Å². The first-order valence-corrected chi connectivity index (χ1v) is 9.09. The molecule has 1 aromatic carbocycles. The number of aliphatic imine (C=N–C) groups is 1. The summed E-state index contributed by atoms with van der Waals surface area (Å²) in [5.74, 6) is 1.54. The minimum atomic E-state index is 0. The van der Waals surface area contributed by atoms with Crippen molar-refractivity contribution in [1.82, 2.24) is 20.2 Å². The summed E-state index contributed by atoms with van der Waals surface area (Å²) in [6.07, 6.45) is 2.87. The number of hydrogen-bond donors (Lipinski definition) is 3. The summed E-state index contributed by atoms with van der Waals surface area (Å²) in [5.41, 5.74) is 8.02. The smallest absolute Gasteiger partial charge is 0.188 e. The van der Waals surface area contributed by atoms with Crippen molar-refractivity contribution < 1.29 is 4.74 Å². The highest BCUT2D eigenvalue weighted by atomic mass is 127. The highest BCUT2D eigenvalue weighted by molar-refractivity contribution is 14.0. The first-order chi connectivity index (χ1) is 12.3. The number of ether oxygens (including phenoxy) is 1. The summed E-state index contributed by atoms with van der Waals surface area (Å²) < 4.78 is 5.35. The summed E-state index contributed by atoms with van der Waals surface area (Å²) >= 11 is 0. The number of benzene rings is 1. The van der Waals surface area contributed by atoms with Gasteiger partial charge in [-0.3, -0.25) is 9.89 Å². The van der Waals surface area contributed by atoms with Crippen LogP contribution in [0.25, 0.3) is 11.0 Å². The number of para-hydroxylation sites is 2. The molecule has 2 heterocycles. The van der Waals surface area contributed by atoms with Gasteiger partial charge in [-0.1, -0.05) is 12.1 Å². The van der Waals surface area contributed by atoms with Crippen LogP contribution in [0.5, 0.6) is 0 Å². The van der Waals surface area contributed by atoms with Gasteiger partial charge in [-0.25, -0.2) is 4.98 Å². The van der Waals surface area contributed by atoms with Crippen LogP contribution >= 0.6 is 24.0 Å². The number of nitrogens with one attached hydrogen (secondary N) is 2. The number of morpholine rings is 1. The molecule has 0 aliphatic carbocycles. The summed E-state index contributed by atoms with van der Waals surface area (Å²) in [4.78, 5) is 14.7. The van der Waals surface area contributed by atoms with E-state index in [2.05, 4.69) is 25.2 Å². The molecule has 1 fully saturated rings. The maximum atomic E-state index is 5.92. The summed E-state index contributed by atoms with van der Waals surface area (Å²) in [6.45, 7) is 6.41. The van der Waals surface area contributed by atoms with Gasteiger partial charge in [0.05, 0.1) is 24.2 Å². The van der Waals surface area contributed by atoms with Gasteiger partial charge in [0.2, 0.25) is 0 Å². The van der Waals surface area contributed by atoms with Gasteiger partial charge in [-0.2, -0.15) is 0 Å². The first-order valence-electron chi connectivity index (χ1n) is 9.09. The molecule has 0 amide bonds. The maximum Gasteiger partial charge on any atom is 0.188 e. The van der Waals surface area contributed by atoms with Gasteiger partial charge in [0, 0.05) is 32.6 Å². The fourth-order valence-electron chi connectivity index (χ4n) is 2.97. The maximum absolute atomic E-state index is 5.92. The van der Waals surface area contributed by atoms with Crippen molar-refractivity contribution >= 4 is 41.0 Å². The monoisotopic (exact) mass is 472 g/mol. The van der Waals surface area contributed by atoms with E-state index in [1.165, 1.54) is 0 Å². The van der Waals surface area contributed by atoms with E-state index in [0.717, 1.165) is 75.5 Å². The van der Waals surface area contributed by atoms with E-state index in [-0.39, 0.29) is 24.0 Å². The van der Waals surface area contributed by atoms with Gasteiger partial charge >= 0.3 is 0 Å². The van der Waals surface area contributed by atoms with Crippen LogP contribution in [0.2, 0.25) is 0 Å². The summed E-state index contributed by atoms with van der Waals surface area (Å²) in [6, 6.07) is 8.08. The zero-order valence-corrected chi connectivity index (χ0v) is 17.4. The average Bonchev–Trinajstić information content (AvgIpc) is 3.06. The topological polar surface area (TPSA) is 91.6 Å². The van der Waals surface area contributed by atoms with Crippen LogP contribution in [0.15, 0.2) is 29.3 Å². The number of halogens is 1. The quantitative estimate of drug-likeness (QED) is 0.236. The van der Waals surface area contributed by atoms with E-state index in [1.54, 1.807) is 0 Å². The number of aromatic amines is 1. The lowest BCUT2D eigenvalue weighted by Gasteiger charge is -2.26. The lowest BCUT2D eigenvalue weighted by molar-refractivity contribution is 0.0376. The largest absolute Gasteiger partial charge is 0.379 e. The number of guanidine groups is 1. The Hall–Kier alpha value is -1.39. The predicted molar refractivity (Wildman–Crippen MR) is 116 cm³/mol. The minimum absolute atomic E-state index is 0. The molecule has 0 saturated carbocycles. The van der Waals surface area contributed by atoms with Crippen molar-refractivity contribution in [2.45, 2.75) is 19.3 Å². The third-order valence-corrected chi connectivity index (χ3v) is 4.35. The fraction of sp³-hybridized carbons (Fsp3) is 0.556. The molecule has 1 saturated heterocycles. The van der Waals surface area contributed by atoms with Crippen molar-refractivity contribution in [2.75, 3.05) is 45.9 Å². The Labute approximate surface area is 171 Å². The van der Waals surface area contributed by atoms with Crippen molar-refractivity contribution in [3.63, 3.8) is 0 Å². The van der Waals surface area contributed by atoms with E-state index >= 15 is 0 Å². The molecule has 26 heavy (non-hydrogen) atoms. The third kappa shape index (κ3) is 6.73. The molecule has 0 radical (unpaired) electrons. The molecule has 0 spiro atoms. The number of nitrogens with two attached hydrogens (primary N) is 1. The Balaban J connectivity index is 0.00000243. The zero-order valence-electron chi connectivity index (χ0n) is 15.1. The molecule has 1 aromatic heterocycles. The van der Waals surface area contributed by atoms with Crippen molar-refractivity contribution in [2.24, 2.45) is 10.7 Å². The highest BCUT2D eigenvalue weighted by Crippen LogP contribution is 2.11. The van der Waals surface area contributed by atoms with Gasteiger partial charge in [0.25, 0.3) is 0 Å². The molecule has 144 valence electrons. The van der Waals surface area contributed by atoms with Gasteiger partial charge in [0.15, 0.2) is 5.96 Å². The molecule has 3 rings (SSSR count). The molecular weight excluding hydrogens is 443 g/mol. The molecule has 7 nitrogen and oxygen atoms in total. The second kappa shape index (κ2) is 11.3. The lowest BCUT2D eigenvalue weighted by atomic mass is 10.3. The first kappa shape index (κ1) is 20.9. The Bertz CT molecular complexity index is 650. The zero-order chi connectivity index (χ0) is 17.3. The van der Waals surface area contributed by atoms with E-state index in [9.17, 15) is 0 Å². The molecule has 0 unspecified atom stereocenters. The Morgan fingerprint density at radius 2 is 2.08 bits per heavy atom. The van der Waals surface area contributed by atoms with Crippen LogP contribution in [-0.4, -0.2) is 66.8 Å². The number of H-pyrrole nitrogens is 1. The molecule has 8 heteroatoms. The SMILES string of the molecule is I.NC(=NCCCc1nc2ccccc2[nH]1)NCCCN1CCOCC1. The Morgan fingerprint density at radius 1 is 1.27 bits per heavy atom. The number of hydrogen-bond acceptors (Lipinski definition) is 4. The average molecular weight is 472 g/mol.